The zero-order valence-electron chi connectivity index (χ0n) is 16.5. The number of para-hydroxylation sites is 1. The summed E-state index contributed by atoms with van der Waals surface area (Å²) in [4.78, 5) is 2.38. The van der Waals surface area contributed by atoms with Crippen molar-refractivity contribution in [2.75, 3.05) is 31.3 Å². The van der Waals surface area contributed by atoms with Crippen LogP contribution in [0.3, 0.4) is 0 Å². The van der Waals surface area contributed by atoms with E-state index in [4.69, 9.17) is 13.6 Å². The van der Waals surface area contributed by atoms with E-state index in [0.29, 0.717) is 13.2 Å². The first-order chi connectivity index (χ1) is 13.2. The summed E-state index contributed by atoms with van der Waals surface area (Å²) in [5, 5.41) is 0. The lowest BCUT2D eigenvalue weighted by Gasteiger charge is -2.36. The van der Waals surface area contributed by atoms with E-state index in [-0.39, 0.29) is 6.10 Å². The minimum atomic E-state index is -2.15. The van der Waals surface area contributed by atoms with E-state index in [1.54, 1.807) is 0 Å². The fraction of sp³-hybridized carbons (Fsp3) is 0.455. The second kappa shape index (κ2) is 10.0. The molecule has 0 amide bonds. The van der Waals surface area contributed by atoms with Crippen LogP contribution in [0.25, 0.3) is 0 Å². The SMILES string of the molecule is CCO[Si]1(C)CCCOCC(CN(Cc2ccccc2)c2ccccc2)O1. The maximum Gasteiger partial charge on any atom is 0.335 e. The van der Waals surface area contributed by atoms with Crippen molar-refractivity contribution >= 4 is 14.2 Å². The van der Waals surface area contributed by atoms with Crippen molar-refractivity contribution < 1.29 is 13.6 Å². The Morgan fingerprint density at radius 1 is 1.07 bits per heavy atom. The normalized spacial score (nSPS) is 23.4. The number of nitrogens with zero attached hydrogens (tertiary/aromatic N) is 1. The van der Waals surface area contributed by atoms with Crippen LogP contribution in [0.1, 0.15) is 18.9 Å². The van der Waals surface area contributed by atoms with Crippen molar-refractivity contribution in [2.24, 2.45) is 0 Å². The van der Waals surface area contributed by atoms with Gasteiger partial charge in [-0.25, -0.2) is 0 Å². The highest BCUT2D eigenvalue weighted by Gasteiger charge is 2.36. The van der Waals surface area contributed by atoms with Gasteiger partial charge in [-0.2, -0.15) is 0 Å². The summed E-state index contributed by atoms with van der Waals surface area (Å²) in [6.07, 6.45) is 1.03. The number of anilines is 1. The second-order valence-electron chi connectivity index (χ2n) is 7.19. The van der Waals surface area contributed by atoms with Gasteiger partial charge in [0.1, 0.15) is 0 Å². The molecule has 27 heavy (non-hydrogen) atoms. The van der Waals surface area contributed by atoms with Crippen molar-refractivity contribution in [1.82, 2.24) is 0 Å². The minimum absolute atomic E-state index is 0.0115. The van der Waals surface area contributed by atoms with E-state index in [1.807, 2.05) is 0 Å². The molecule has 1 aliphatic heterocycles. The monoisotopic (exact) mass is 385 g/mol. The Morgan fingerprint density at radius 2 is 1.78 bits per heavy atom. The van der Waals surface area contributed by atoms with Crippen molar-refractivity contribution in [3.05, 3.63) is 66.2 Å². The quantitative estimate of drug-likeness (QED) is 0.652. The first-order valence-electron chi connectivity index (χ1n) is 9.92. The Labute approximate surface area is 164 Å². The molecule has 0 bridgehead atoms. The van der Waals surface area contributed by atoms with E-state index in [0.717, 1.165) is 32.2 Å². The Morgan fingerprint density at radius 3 is 2.48 bits per heavy atom. The fourth-order valence-corrected chi connectivity index (χ4v) is 6.18. The summed E-state index contributed by atoms with van der Waals surface area (Å²) in [6.45, 7) is 8.00. The average Bonchev–Trinajstić information content (AvgIpc) is 2.67. The molecule has 4 nitrogen and oxygen atoms in total. The molecule has 3 rings (SSSR count). The standard InChI is InChI=1S/C22H31NO3Si/c1-3-25-27(2)16-10-15-24-19-22(26-27)18-23(21-13-8-5-9-14-21)17-20-11-6-4-7-12-20/h4-9,11-14,22H,3,10,15-19H2,1-2H3. The largest absolute Gasteiger partial charge is 0.395 e. The highest BCUT2D eigenvalue weighted by Crippen LogP contribution is 2.24. The summed E-state index contributed by atoms with van der Waals surface area (Å²) in [5.74, 6) is 0. The second-order valence-corrected chi connectivity index (χ2v) is 10.5. The number of hydrogen-bond donors (Lipinski definition) is 0. The van der Waals surface area contributed by atoms with E-state index in [2.05, 4.69) is 79.0 Å². The molecule has 0 saturated carbocycles. The third kappa shape index (κ3) is 6.18. The van der Waals surface area contributed by atoms with Crippen LogP contribution >= 0.6 is 0 Å². The van der Waals surface area contributed by atoms with Gasteiger partial charge in [0.05, 0.1) is 12.7 Å². The molecule has 2 aromatic carbocycles. The van der Waals surface area contributed by atoms with Gasteiger partial charge in [-0.3, -0.25) is 0 Å². The Bertz CT molecular complexity index is 670. The van der Waals surface area contributed by atoms with Crippen LogP contribution in [0.2, 0.25) is 12.6 Å². The molecule has 0 spiro atoms. The van der Waals surface area contributed by atoms with Gasteiger partial charge in [0.25, 0.3) is 0 Å². The van der Waals surface area contributed by atoms with E-state index < -0.39 is 8.56 Å². The molecule has 0 aromatic heterocycles. The van der Waals surface area contributed by atoms with Crippen LogP contribution < -0.4 is 4.90 Å². The molecular formula is C22H31NO3Si. The molecule has 1 fully saturated rings. The lowest BCUT2D eigenvalue weighted by molar-refractivity contribution is 0.0175. The number of hydrogen-bond acceptors (Lipinski definition) is 4. The molecule has 5 heteroatoms. The maximum atomic E-state index is 6.56. The van der Waals surface area contributed by atoms with Gasteiger partial charge >= 0.3 is 8.56 Å². The van der Waals surface area contributed by atoms with Gasteiger partial charge in [-0.15, -0.1) is 0 Å². The van der Waals surface area contributed by atoms with Gasteiger partial charge in [0.15, 0.2) is 0 Å². The van der Waals surface area contributed by atoms with Crippen molar-refractivity contribution in [2.45, 2.75) is 38.6 Å². The summed E-state index contributed by atoms with van der Waals surface area (Å²) < 4.78 is 18.5. The highest BCUT2D eigenvalue weighted by molar-refractivity contribution is 6.66. The van der Waals surface area contributed by atoms with Crippen molar-refractivity contribution in [3.63, 3.8) is 0 Å². The van der Waals surface area contributed by atoms with Crippen LogP contribution in [0.4, 0.5) is 5.69 Å². The number of benzene rings is 2. The predicted molar refractivity (Wildman–Crippen MR) is 112 cm³/mol. The zero-order valence-corrected chi connectivity index (χ0v) is 17.5. The maximum absolute atomic E-state index is 6.56. The molecule has 0 aliphatic carbocycles. The summed E-state index contributed by atoms with van der Waals surface area (Å²) in [6, 6.07) is 22.1. The highest BCUT2D eigenvalue weighted by atomic mass is 28.4. The molecule has 0 radical (unpaired) electrons. The molecule has 2 atom stereocenters. The first-order valence-corrected chi connectivity index (χ1v) is 12.4. The lowest BCUT2D eigenvalue weighted by atomic mass is 10.2. The topological polar surface area (TPSA) is 30.9 Å². The summed E-state index contributed by atoms with van der Waals surface area (Å²) in [5.41, 5.74) is 2.49. The third-order valence-corrected chi connectivity index (χ3v) is 7.84. The van der Waals surface area contributed by atoms with Crippen LogP contribution in [0.5, 0.6) is 0 Å². The summed E-state index contributed by atoms with van der Waals surface area (Å²) >= 11 is 0. The van der Waals surface area contributed by atoms with Crippen LogP contribution in [0.15, 0.2) is 60.7 Å². The van der Waals surface area contributed by atoms with Gasteiger partial charge in [0, 0.05) is 32.0 Å². The average molecular weight is 386 g/mol. The third-order valence-electron chi connectivity index (χ3n) is 4.85. The molecule has 146 valence electrons. The van der Waals surface area contributed by atoms with E-state index >= 15 is 0 Å². The number of rotatable bonds is 7. The Balaban J connectivity index is 1.77. The first kappa shape index (κ1) is 20.1. The van der Waals surface area contributed by atoms with E-state index in [9.17, 15) is 0 Å². The zero-order chi connectivity index (χ0) is 19.0. The van der Waals surface area contributed by atoms with Crippen LogP contribution in [0, 0.1) is 0 Å². The Kier molecular flexibility index (Phi) is 7.47. The van der Waals surface area contributed by atoms with Gasteiger partial charge in [-0.1, -0.05) is 48.5 Å². The van der Waals surface area contributed by atoms with Gasteiger partial charge < -0.3 is 18.5 Å². The predicted octanol–water partition coefficient (Wildman–Crippen LogP) is 4.61. The molecular weight excluding hydrogens is 354 g/mol. The fourth-order valence-electron chi connectivity index (χ4n) is 3.61. The molecule has 0 N–H and O–H groups in total. The minimum Gasteiger partial charge on any atom is -0.395 e. The van der Waals surface area contributed by atoms with Crippen molar-refractivity contribution in [1.29, 1.82) is 0 Å². The van der Waals surface area contributed by atoms with Gasteiger partial charge in [-0.05, 0) is 43.6 Å². The van der Waals surface area contributed by atoms with Crippen LogP contribution in [-0.2, 0) is 20.1 Å². The Hall–Kier alpha value is -1.66. The molecule has 2 aromatic rings. The number of ether oxygens (including phenoxy) is 1. The molecule has 1 heterocycles. The van der Waals surface area contributed by atoms with Gasteiger partial charge in [0.2, 0.25) is 0 Å². The molecule has 1 aliphatic rings. The van der Waals surface area contributed by atoms with Crippen molar-refractivity contribution in [3.8, 4) is 0 Å². The van der Waals surface area contributed by atoms with E-state index in [1.165, 1.54) is 11.3 Å². The molecule has 1 saturated heterocycles. The summed E-state index contributed by atoms with van der Waals surface area (Å²) in [7, 11) is -2.15. The smallest absolute Gasteiger partial charge is 0.335 e. The lowest BCUT2D eigenvalue weighted by Crippen LogP contribution is -2.48. The van der Waals surface area contributed by atoms with Crippen LogP contribution in [-0.4, -0.2) is 41.0 Å². The molecule has 2 unspecified atom stereocenters.